The number of hydrogen-bond donors (Lipinski definition) is 2. The summed E-state index contributed by atoms with van der Waals surface area (Å²) >= 11 is 0. The molecule has 0 spiro atoms. The summed E-state index contributed by atoms with van der Waals surface area (Å²) in [5, 5.41) is 6.62. The normalized spacial score (nSPS) is 42.2. The van der Waals surface area contributed by atoms with Crippen LogP contribution in [-0.4, -0.2) is 50.1 Å². The number of nitrogens with one attached hydrogen (secondary N) is 2. The van der Waals surface area contributed by atoms with Crippen molar-refractivity contribution >= 4 is 5.91 Å². The fourth-order valence-corrected chi connectivity index (χ4v) is 5.92. The van der Waals surface area contributed by atoms with E-state index in [0.717, 1.165) is 50.5 Å². The van der Waals surface area contributed by atoms with Crippen molar-refractivity contribution in [3.63, 3.8) is 0 Å². The van der Waals surface area contributed by atoms with Gasteiger partial charge in [0.1, 0.15) is 0 Å². The maximum atomic E-state index is 12.2. The van der Waals surface area contributed by atoms with Gasteiger partial charge in [0.15, 0.2) is 0 Å². The van der Waals surface area contributed by atoms with Crippen molar-refractivity contribution in [3.8, 4) is 0 Å². The van der Waals surface area contributed by atoms with Gasteiger partial charge < -0.3 is 10.6 Å². The van der Waals surface area contributed by atoms with Crippen LogP contribution in [0.15, 0.2) is 0 Å². The summed E-state index contributed by atoms with van der Waals surface area (Å²) in [6.07, 6.45) is 8.59. The van der Waals surface area contributed by atoms with Crippen molar-refractivity contribution in [3.05, 3.63) is 0 Å². The zero-order valence-corrected chi connectivity index (χ0v) is 13.1. The van der Waals surface area contributed by atoms with E-state index >= 15 is 0 Å². The maximum Gasteiger partial charge on any atom is 0.234 e. The fraction of sp³-hybridized carbons (Fsp3) is 0.941. The van der Waals surface area contributed by atoms with E-state index in [2.05, 4.69) is 15.5 Å². The molecule has 5 fully saturated rings. The summed E-state index contributed by atoms with van der Waals surface area (Å²) in [5.74, 6) is 3.16. The summed E-state index contributed by atoms with van der Waals surface area (Å²) in [5.41, 5.74) is 0.466. The highest BCUT2D eigenvalue weighted by Gasteiger charge is 2.50. The van der Waals surface area contributed by atoms with E-state index in [1.165, 1.54) is 38.5 Å². The van der Waals surface area contributed by atoms with Crippen LogP contribution >= 0.6 is 0 Å². The van der Waals surface area contributed by atoms with Gasteiger partial charge in [-0.3, -0.25) is 9.69 Å². The Morgan fingerprint density at radius 2 is 1.62 bits per heavy atom. The van der Waals surface area contributed by atoms with E-state index in [1.807, 2.05) is 0 Å². The minimum atomic E-state index is 0.243. The SMILES string of the molecule is O=C(CN1CCNCC1)NCC12CC3CC(CC(C3)C1)C2. The molecule has 0 aromatic carbocycles. The zero-order chi connectivity index (χ0) is 14.3. The van der Waals surface area contributed by atoms with Crippen molar-refractivity contribution in [1.29, 1.82) is 0 Å². The Balaban J connectivity index is 1.29. The van der Waals surface area contributed by atoms with Crippen LogP contribution in [0.25, 0.3) is 0 Å². The van der Waals surface area contributed by atoms with Gasteiger partial charge >= 0.3 is 0 Å². The quantitative estimate of drug-likeness (QED) is 0.819. The first-order valence-electron chi connectivity index (χ1n) is 8.91. The molecule has 4 bridgehead atoms. The molecule has 4 saturated carbocycles. The van der Waals surface area contributed by atoms with Crippen LogP contribution in [0.5, 0.6) is 0 Å². The number of amides is 1. The minimum absolute atomic E-state index is 0.243. The average molecular weight is 291 g/mol. The molecule has 1 saturated heterocycles. The molecule has 0 aromatic heterocycles. The van der Waals surface area contributed by atoms with Crippen molar-refractivity contribution in [2.45, 2.75) is 38.5 Å². The Morgan fingerprint density at radius 1 is 1.05 bits per heavy atom. The third-order valence-electron chi connectivity index (χ3n) is 6.40. The molecule has 2 N–H and O–H groups in total. The molecule has 1 amide bonds. The highest BCUT2D eigenvalue weighted by Crippen LogP contribution is 2.59. The van der Waals surface area contributed by atoms with Crippen LogP contribution in [0.4, 0.5) is 0 Å². The van der Waals surface area contributed by atoms with Crippen LogP contribution in [0.2, 0.25) is 0 Å². The van der Waals surface area contributed by atoms with Gasteiger partial charge in [0.25, 0.3) is 0 Å². The van der Waals surface area contributed by atoms with E-state index in [0.29, 0.717) is 12.0 Å². The Kier molecular flexibility index (Phi) is 3.70. The number of nitrogens with zero attached hydrogens (tertiary/aromatic N) is 1. The van der Waals surface area contributed by atoms with Gasteiger partial charge in [0.2, 0.25) is 5.91 Å². The number of piperazine rings is 1. The third kappa shape index (κ3) is 2.98. The number of hydrogen-bond acceptors (Lipinski definition) is 3. The van der Waals surface area contributed by atoms with E-state index < -0.39 is 0 Å². The maximum absolute atomic E-state index is 12.2. The Bertz CT molecular complexity index is 368. The molecule has 21 heavy (non-hydrogen) atoms. The second-order valence-electron chi connectivity index (χ2n) is 8.22. The van der Waals surface area contributed by atoms with E-state index in [4.69, 9.17) is 0 Å². The second kappa shape index (κ2) is 5.54. The molecule has 0 aromatic rings. The number of rotatable bonds is 4. The molecule has 4 aliphatic carbocycles. The predicted octanol–water partition coefficient (Wildman–Crippen LogP) is 1.22. The lowest BCUT2D eigenvalue weighted by atomic mass is 9.49. The van der Waals surface area contributed by atoms with Gasteiger partial charge in [-0.05, 0) is 61.7 Å². The predicted molar refractivity (Wildman–Crippen MR) is 82.9 cm³/mol. The summed E-state index contributed by atoms with van der Waals surface area (Å²) < 4.78 is 0. The first-order valence-corrected chi connectivity index (χ1v) is 8.91. The van der Waals surface area contributed by atoms with Gasteiger partial charge in [-0.1, -0.05) is 0 Å². The van der Waals surface area contributed by atoms with Crippen LogP contribution in [0.1, 0.15) is 38.5 Å². The summed E-state index contributed by atoms with van der Waals surface area (Å²) in [6, 6.07) is 0. The lowest BCUT2D eigenvalue weighted by Crippen LogP contribution is -2.53. The van der Waals surface area contributed by atoms with Gasteiger partial charge in [-0.25, -0.2) is 0 Å². The lowest BCUT2D eigenvalue weighted by Gasteiger charge is -2.56. The summed E-state index contributed by atoms with van der Waals surface area (Å²) in [7, 11) is 0. The van der Waals surface area contributed by atoms with Crippen LogP contribution < -0.4 is 10.6 Å². The first-order chi connectivity index (χ1) is 10.2. The van der Waals surface area contributed by atoms with Crippen LogP contribution in [-0.2, 0) is 4.79 Å². The lowest BCUT2D eigenvalue weighted by molar-refractivity contribution is -0.124. The van der Waals surface area contributed by atoms with Gasteiger partial charge in [-0.15, -0.1) is 0 Å². The van der Waals surface area contributed by atoms with Crippen molar-refractivity contribution in [2.24, 2.45) is 23.2 Å². The molecule has 1 aliphatic heterocycles. The molecule has 1 heterocycles. The molecule has 5 aliphatic rings. The van der Waals surface area contributed by atoms with E-state index in [1.54, 1.807) is 0 Å². The summed E-state index contributed by atoms with van der Waals surface area (Å²) in [6.45, 7) is 5.58. The molecule has 5 rings (SSSR count). The minimum Gasteiger partial charge on any atom is -0.354 e. The van der Waals surface area contributed by atoms with E-state index in [-0.39, 0.29) is 5.91 Å². The standard InChI is InChI=1S/C17H29N3O/c21-16(11-20-3-1-18-2-4-20)19-12-17-8-13-5-14(9-17)7-15(6-13)10-17/h13-15,18H,1-12H2,(H,19,21). The molecule has 0 radical (unpaired) electrons. The van der Waals surface area contributed by atoms with Gasteiger partial charge in [-0.2, -0.15) is 0 Å². The second-order valence-corrected chi connectivity index (χ2v) is 8.22. The van der Waals surface area contributed by atoms with Gasteiger partial charge in [0.05, 0.1) is 6.54 Å². The van der Waals surface area contributed by atoms with Crippen LogP contribution in [0, 0.1) is 23.2 Å². The van der Waals surface area contributed by atoms with Crippen molar-refractivity contribution in [1.82, 2.24) is 15.5 Å². The molecular formula is C17H29N3O. The van der Waals surface area contributed by atoms with Gasteiger partial charge in [0, 0.05) is 32.7 Å². The van der Waals surface area contributed by atoms with E-state index in [9.17, 15) is 4.79 Å². The molecular weight excluding hydrogens is 262 g/mol. The largest absolute Gasteiger partial charge is 0.354 e. The van der Waals surface area contributed by atoms with Crippen molar-refractivity contribution < 1.29 is 4.79 Å². The molecule has 4 heteroatoms. The topological polar surface area (TPSA) is 44.4 Å². The number of carbonyl (C=O) groups excluding carboxylic acids is 1. The Labute approximate surface area is 128 Å². The molecule has 0 atom stereocenters. The first kappa shape index (κ1) is 14.0. The molecule has 118 valence electrons. The number of carbonyl (C=O) groups is 1. The molecule has 4 nitrogen and oxygen atoms in total. The summed E-state index contributed by atoms with van der Waals surface area (Å²) in [4.78, 5) is 14.5. The molecule has 0 unspecified atom stereocenters. The highest BCUT2D eigenvalue weighted by atomic mass is 16.2. The Hall–Kier alpha value is -0.610. The third-order valence-corrected chi connectivity index (χ3v) is 6.40. The van der Waals surface area contributed by atoms with Crippen molar-refractivity contribution in [2.75, 3.05) is 39.3 Å². The fourth-order valence-electron chi connectivity index (χ4n) is 5.92. The highest BCUT2D eigenvalue weighted by molar-refractivity contribution is 5.78. The smallest absolute Gasteiger partial charge is 0.234 e. The zero-order valence-electron chi connectivity index (χ0n) is 13.1. The van der Waals surface area contributed by atoms with Crippen LogP contribution in [0.3, 0.4) is 0 Å². The Morgan fingerprint density at radius 3 is 2.19 bits per heavy atom. The monoisotopic (exact) mass is 291 g/mol. The average Bonchev–Trinajstić information content (AvgIpc) is 2.45.